The van der Waals surface area contributed by atoms with Crippen LogP contribution in [-0.4, -0.2) is 31.3 Å². The average Bonchev–Trinajstić information content (AvgIpc) is 3.18. The molecule has 9 heteroatoms. The van der Waals surface area contributed by atoms with E-state index in [1.54, 1.807) is 6.20 Å². The van der Waals surface area contributed by atoms with Crippen LogP contribution in [0, 0.1) is 11.6 Å². The first-order valence-electron chi connectivity index (χ1n) is 10.3. The van der Waals surface area contributed by atoms with Gasteiger partial charge in [0.15, 0.2) is 17.3 Å². The number of halogens is 2. The topological polar surface area (TPSA) is 94.5 Å². The van der Waals surface area contributed by atoms with Crippen molar-refractivity contribution in [3.8, 4) is 16.9 Å². The van der Waals surface area contributed by atoms with Crippen LogP contribution in [0.3, 0.4) is 0 Å². The van der Waals surface area contributed by atoms with Gasteiger partial charge in [0.1, 0.15) is 5.82 Å². The summed E-state index contributed by atoms with van der Waals surface area (Å²) in [5.74, 6) is -1.52. The third-order valence-corrected chi connectivity index (χ3v) is 5.17. The second-order valence-corrected chi connectivity index (χ2v) is 7.33. The molecule has 0 unspecified atom stereocenters. The summed E-state index contributed by atoms with van der Waals surface area (Å²) in [5, 5.41) is 8.00. The normalized spacial score (nSPS) is 11.1. The standard InChI is InChI=1S/C24H19F2N7/c25-18-11-6-10-17(20(18)26)21-19-22(27)33(16-8-2-1-3-9-16)32-23(19)31-24(30-21)29-14-12-15-7-4-5-13-28-15/h1-11,13H,12,14,27H2,(H,29,31,32). The van der Waals surface area contributed by atoms with E-state index in [9.17, 15) is 8.78 Å². The Kier molecular flexibility index (Phi) is 5.35. The SMILES string of the molecule is Nc1c2c(-c3cccc(F)c3F)nc(NCCc3ccccn3)nc2nn1-c1ccccc1. The van der Waals surface area contributed by atoms with Crippen molar-refractivity contribution in [3.05, 3.63) is 90.3 Å². The second kappa shape index (κ2) is 8.62. The van der Waals surface area contributed by atoms with Gasteiger partial charge in [0.25, 0.3) is 0 Å². The van der Waals surface area contributed by atoms with Crippen molar-refractivity contribution in [2.24, 2.45) is 0 Å². The molecule has 0 saturated heterocycles. The molecule has 0 aliphatic carbocycles. The van der Waals surface area contributed by atoms with Crippen molar-refractivity contribution in [1.29, 1.82) is 0 Å². The maximum absolute atomic E-state index is 14.7. The summed E-state index contributed by atoms with van der Waals surface area (Å²) in [7, 11) is 0. The van der Waals surface area contributed by atoms with Crippen molar-refractivity contribution in [1.82, 2.24) is 24.7 Å². The Morgan fingerprint density at radius 2 is 1.73 bits per heavy atom. The zero-order valence-corrected chi connectivity index (χ0v) is 17.4. The van der Waals surface area contributed by atoms with Crippen LogP contribution in [0.4, 0.5) is 20.5 Å². The molecule has 5 rings (SSSR count). The highest BCUT2D eigenvalue weighted by atomic mass is 19.2. The van der Waals surface area contributed by atoms with Gasteiger partial charge in [0.05, 0.1) is 16.8 Å². The van der Waals surface area contributed by atoms with Crippen molar-refractivity contribution in [2.75, 3.05) is 17.6 Å². The fraction of sp³-hybridized carbons (Fsp3) is 0.0833. The predicted octanol–water partition coefficient (Wildman–Crippen LogP) is 4.39. The molecular formula is C24H19F2N7. The minimum Gasteiger partial charge on any atom is -0.383 e. The summed E-state index contributed by atoms with van der Waals surface area (Å²) in [5.41, 5.74) is 8.43. The summed E-state index contributed by atoms with van der Waals surface area (Å²) < 4.78 is 30.3. The third-order valence-electron chi connectivity index (χ3n) is 5.17. The van der Waals surface area contributed by atoms with Gasteiger partial charge in [0.2, 0.25) is 5.95 Å². The number of fused-ring (bicyclic) bond motifs is 1. The highest BCUT2D eigenvalue weighted by Gasteiger charge is 2.22. The number of nitrogen functional groups attached to an aromatic ring is 1. The van der Waals surface area contributed by atoms with E-state index in [0.29, 0.717) is 24.0 Å². The largest absolute Gasteiger partial charge is 0.383 e. The van der Waals surface area contributed by atoms with Crippen LogP contribution in [0.2, 0.25) is 0 Å². The number of rotatable bonds is 6. The highest BCUT2D eigenvalue weighted by molar-refractivity contribution is 5.99. The lowest BCUT2D eigenvalue weighted by Gasteiger charge is -2.09. The molecule has 0 spiro atoms. The Hall–Kier alpha value is -4.40. The Morgan fingerprint density at radius 3 is 2.52 bits per heavy atom. The third kappa shape index (κ3) is 3.96. The lowest BCUT2D eigenvalue weighted by atomic mass is 10.1. The second-order valence-electron chi connectivity index (χ2n) is 7.33. The molecule has 0 aliphatic heterocycles. The van der Waals surface area contributed by atoms with Gasteiger partial charge in [-0.3, -0.25) is 4.98 Å². The maximum Gasteiger partial charge on any atom is 0.225 e. The van der Waals surface area contributed by atoms with Crippen molar-refractivity contribution >= 4 is 22.8 Å². The quantitative estimate of drug-likeness (QED) is 0.404. The van der Waals surface area contributed by atoms with Crippen molar-refractivity contribution < 1.29 is 8.78 Å². The molecule has 0 radical (unpaired) electrons. The van der Waals surface area contributed by atoms with Gasteiger partial charge in [-0.05, 0) is 36.4 Å². The van der Waals surface area contributed by atoms with Gasteiger partial charge in [-0.15, -0.1) is 5.10 Å². The van der Waals surface area contributed by atoms with E-state index in [4.69, 9.17) is 5.73 Å². The van der Waals surface area contributed by atoms with Gasteiger partial charge in [-0.1, -0.05) is 30.3 Å². The zero-order chi connectivity index (χ0) is 22.8. The van der Waals surface area contributed by atoms with E-state index >= 15 is 0 Å². The smallest absolute Gasteiger partial charge is 0.225 e. The van der Waals surface area contributed by atoms with Crippen molar-refractivity contribution in [3.63, 3.8) is 0 Å². The monoisotopic (exact) mass is 443 g/mol. The number of nitrogens with one attached hydrogen (secondary N) is 1. The first kappa shape index (κ1) is 20.5. The molecule has 3 N–H and O–H groups in total. The van der Waals surface area contributed by atoms with Gasteiger partial charge in [-0.2, -0.15) is 4.98 Å². The van der Waals surface area contributed by atoms with Crippen LogP contribution in [0.1, 0.15) is 5.69 Å². The molecule has 2 aromatic carbocycles. The van der Waals surface area contributed by atoms with Crippen LogP contribution < -0.4 is 11.1 Å². The van der Waals surface area contributed by atoms with Crippen LogP contribution in [0.5, 0.6) is 0 Å². The number of pyridine rings is 1. The minimum absolute atomic E-state index is 0.0190. The zero-order valence-electron chi connectivity index (χ0n) is 17.4. The minimum atomic E-state index is -1.01. The molecule has 3 heterocycles. The first-order chi connectivity index (χ1) is 16.1. The van der Waals surface area contributed by atoms with Gasteiger partial charge >= 0.3 is 0 Å². The van der Waals surface area contributed by atoms with Crippen LogP contribution in [0.15, 0.2) is 72.9 Å². The predicted molar refractivity (Wildman–Crippen MR) is 123 cm³/mol. The van der Waals surface area contributed by atoms with Gasteiger partial charge in [-0.25, -0.2) is 18.4 Å². The highest BCUT2D eigenvalue weighted by Crippen LogP contribution is 2.34. The van der Waals surface area contributed by atoms with E-state index in [0.717, 1.165) is 11.8 Å². The summed E-state index contributed by atoms with van der Waals surface area (Å²) in [6, 6.07) is 18.9. The molecule has 0 aliphatic rings. The van der Waals surface area contributed by atoms with E-state index in [1.807, 2.05) is 48.5 Å². The van der Waals surface area contributed by atoms with E-state index < -0.39 is 11.6 Å². The number of para-hydroxylation sites is 1. The molecule has 164 valence electrons. The Bertz CT molecular complexity index is 1420. The van der Waals surface area contributed by atoms with E-state index in [-0.39, 0.29) is 28.7 Å². The lowest BCUT2D eigenvalue weighted by molar-refractivity contribution is 0.511. The summed E-state index contributed by atoms with van der Waals surface area (Å²) >= 11 is 0. The molecule has 0 fully saturated rings. The fourth-order valence-electron chi connectivity index (χ4n) is 3.59. The number of nitrogens with zero attached hydrogens (tertiary/aromatic N) is 5. The van der Waals surface area contributed by atoms with E-state index in [1.165, 1.54) is 16.8 Å². The van der Waals surface area contributed by atoms with Crippen molar-refractivity contribution in [2.45, 2.75) is 6.42 Å². The number of hydrogen-bond acceptors (Lipinski definition) is 6. The van der Waals surface area contributed by atoms with Crippen LogP contribution in [-0.2, 0) is 6.42 Å². The summed E-state index contributed by atoms with van der Waals surface area (Å²) in [6.45, 7) is 0.489. The molecule has 0 bridgehead atoms. The molecule has 3 aromatic heterocycles. The Morgan fingerprint density at radius 1 is 0.909 bits per heavy atom. The average molecular weight is 443 g/mol. The molecule has 0 atom stereocenters. The van der Waals surface area contributed by atoms with Gasteiger partial charge in [0, 0.05) is 30.4 Å². The Labute approximate surface area is 188 Å². The fourth-order valence-corrected chi connectivity index (χ4v) is 3.59. The summed E-state index contributed by atoms with van der Waals surface area (Å²) in [4.78, 5) is 13.3. The van der Waals surface area contributed by atoms with E-state index in [2.05, 4.69) is 25.4 Å². The molecule has 0 amide bonds. The van der Waals surface area contributed by atoms with Crippen LogP contribution >= 0.6 is 0 Å². The molecule has 33 heavy (non-hydrogen) atoms. The number of aromatic nitrogens is 5. The van der Waals surface area contributed by atoms with Crippen LogP contribution in [0.25, 0.3) is 28.0 Å². The first-order valence-corrected chi connectivity index (χ1v) is 10.3. The Balaban J connectivity index is 1.61. The van der Waals surface area contributed by atoms with Gasteiger partial charge < -0.3 is 11.1 Å². The maximum atomic E-state index is 14.7. The molecule has 5 aromatic rings. The lowest BCUT2D eigenvalue weighted by Crippen LogP contribution is -2.09. The number of anilines is 2. The number of hydrogen-bond donors (Lipinski definition) is 2. The molecule has 0 saturated carbocycles. The summed E-state index contributed by atoms with van der Waals surface area (Å²) in [6.07, 6.45) is 2.36. The molecule has 7 nitrogen and oxygen atoms in total. The number of nitrogens with two attached hydrogens (primary N) is 1. The number of benzene rings is 2. The molecular weight excluding hydrogens is 424 g/mol.